The standard InChI is InChI=1S/C12H22N4O/c1-12(2)5-4-11(17-12)10-13-6-3-8-16-9-7-14-15-16/h7,9,11,13H,3-6,8,10H2,1-2H3. The normalized spacial score (nSPS) is 23.1. The van der Waals surface area contributed by atoms with E-state index in [4.69, 9.17) is 4.74 Å². The van der Waals surface area contributed by atoms with Gasteiger partial charge in [0.2, 0.25) is 0 Å². The molecule has 1 saturated heterocycles. The zero-order chi connectivity index (χ0) is 12.1. The second-order valence-electron chi connectivity index (χ2n) is 5.26. The summed E-state index contributed by atoms with van der Waals surface area (Å²) in [6.45, 7) is 7.21. The van der Waals surface area contributed by atoms with Gasteiger partial charge in [-0.15, -0.1) is 5.10 Å². The first-order chi connectivity index (χ1) is 8.16. The summed E-state index contributed by atoms with van der Waals surface area (Å²) in [4.78, 5) is 0. The van der Waals surface area contributed by atoms with Crippen LogP contribution >= 0.6 is 0 Å². The van der Waals surface area contributed by atoms with Gasteiger partial charge in [-0.1, -0.05) is 5.21 Å². The van der Waals surface area contributed by atoms with Crippen LogP contribution in [-0.4, -0.2) is 39.8 Å². The first-order valence-corrected chi connectivity index (χ1v) is 6.38. The predicted molar refractivity (Wildman–Crippen MR) is 65.7 cm³/mol. The zero-order valence-electron chi connectivity index (χ0n) is 10.7. The van der Waals surface area contributed by atoms with Crippen molar-refractivity contribution in [2.24, 2.45) is 0 Å². The largest absolute Gasteiger partial charge is 0.371 e. The van der Waals surface area contributed by atoms with Crippen molar-refractivity contribution in [3.63, 3.8) is 0 Å². The third-order valence-electron chi connectivity index (χ3n) is 3.14. The number of rotatable bonds is 6. The molecule has 1 aromatic heterocycles. The Balaban J connectivity index is 1.52. The van der Waals surface area contributed by atoms with E-state index in [9.17, 15) is 0 Å². The Kier molecular flexibility index (Phi) is 4.12. The van der Waals surface area contributed by atoms with Crippen LogP contribution in [0.25, 0.3) is 0 Å². The molecule has 0 bridgehead atoms. The van der Waals surface area contributed by atoms with Crippen LogP contribution in [0.5, 0.6) is 0 Å². The van der Waals surface area contributed by atoms with Crippen molar-refractivity contribution >= 4 is 0 Å². The van der Waals surface area contributed by atoms with Crippen molar-refractivity contribution in [3.8, 4) is 0 Å². The lowest BCUT2D eigenvalue weighted by atomic mass is 10.1. The molecular formula is C12H22N4O. The van der Waals surface area contributed by atoms with Gasteiger partial charge in [0, 0.05) is 19.3 Å². The maximum atomic E-state index is 5.91. The molecule has 1 unspecified atom stereocenters. The maximum absolute atomic E-state index is 5.91. The average molecular weight is 238 g/mol. The topological polar surface area (TPSA) is 52.0 Å². The van der Waals surface area contributed by atoms with Gasteiger partial charge in [0.25, 0.3) is 0 Å². The lowest BCUT2D eigenvalue weighted by Crippen LogP contribution is -2.30. The van der Waals surface area contributed by atoms with E-state index in [-0.39, 0.29) is 5.60 Å². The van der Waals surface area contributed by atoms with E-state index in [1.807, 2.05) is 10.9 Å². The maximum Gasteiger partial charge on any atom is 0.0707 e. The number of hydrogen-bond acceptors (Lipinski definition) is 4. The lowest BCUT2D eigenvalue weighted by molar-refractivity contribution is -0.0141. The molecule has 2 rings (SSSR count). The average Bonchev–Trinajstić information content (AvgIpc) is 2.88. The highest BCUT2D eigenvalue weighted by Gasteiger charge is 2.30. The minimum atomic E-state index is 0.0765. The number of hydrogen-bond donors (Lipinski definition) is 1. The summed E-state index contributed by atoms with van der Waals surface area (Å²) in [5, 5.41) is 11.1. The summed E-state index contributed by atoms with van der Waals surface area (Å²) in [6.07, 6.45) is 7.39. The fourth-order valence-corrected chi connectivity index (χ4v) is 2.20. The number of aromatic nitrogens is 3. The Labute approximate surface area is 103 Å². The van der Waals surface area contributed by atoms with Gasteiger partial charge in [-0.3, -0.25) is 4.68 Å². The van der Waals surface area contributed by atoms with E-state index in [0.717, 1.165) is 32.5 Å². The molecule has 0 aromatic carbocycles. The molecule has 5 nitrogen and oxygen atoms in total. The monoisotopic (exact) mass is 238 g/mol. The fraction of sp³-hybridized carbons (Fsp3) is 0.833. The van der Waals surface area contributed by atoms with E-state index in [1.54, 1.807) is 6.20 Å². The third-order valence-corrected chi connectivity index (χ3v) is 3.14. The summed E-state index contributed by atoms with van der Waals surface area (Å²) in [7, 11) is 0. The molecule has 1 atom stereocenters. The molecule has 0 spiro atoms. The fourth-order valence-electron chi connectivity index (χ4n) is 2.20. The number of nitrogens with zero attached hydrogens (tertiary/aromatic N) is 3. The van der Waals surface area contributed by atoms with E-state index >= 15 is 0 Å². The predicted octanol–water partition coefficient (Wildman–Crippen LogP) is 1.22. The highest BCUT2D eigenvalue weighted by molar-refractivity contribution is 4.81. The summed E-state index contributed by atoms with van der Waals surface area (Å²) >= 11 is 0. The van der Waals surface area contributed by atoms with Gasteiger partial charge < -0.3 is 10.1 Å². The smallest absolute Gasteiger partial charge is 0.0707 e. The molecule has 1 aliphatic rings. The highest BCUT2D eigenvalue weighted by Crippen LogP contribution is 2.28. The van der Waals surface area contributed by atoms with Crippen LogP contribution in [0, 0.1) is 0 Å². The van der Waals surface area contributed by atoms with Gasteiger partial charge >= 0.3 is 0 Å². The molecule has 96 valence electrons. The molecule has 0 aliphatic carbocycles. The molecule has 0 saturated carbocycles. The number of nitrogens with one attached hydrogen (secondary N) is 1. The van der Waals surface area contributed by atoms with E-state index < -0.39 is 0 Å². The quantitative estimate of drug-likeness (QED) is 0.757. The van der Waals surface area contributed by atoms with E-state index in [1.165, 1.54) is 6.42 Å². The Morgan fingerprint density at radius 3 is 3.06 bits per heavy atom. The molecule has 0 amide bonds. The molecule has 1 fully saturated rings. The zero-order valence-corrected chi connectivity index (χ0v) is 10.7. The minimum Gasteiger partial charge on any atom is -0.371 e. The SMILES string of the molecule is CC1(C)CCC(CNCCCn2ccnn2)O1. The van der Waals surface area contributed by atoms with Gasteiger partial charge in [-0.25, -0.2) is 0 Å². The van der Waals surface area contributed by atoms with Crippen LogP contribution in [0.1, 0.15) is 33.1 Å². The molecule has 5 heteroatoms. The number of ether oxygens (including phenoxy) is 1. The Morgan fingerprint density at radius 1 is 1.53 bits per heavy atom. The van der Waals surface area contributed by atoms with Crippen molar-refractivity contribution in [1.29, 1.82) is 0 Å². The first-order valence-electron chi connectivity index (χ1n) is 6.38. The van der Waals surface area contributed by atoms with Crippen molar-refractivity contribution < 1.29 is 4.74 Å². The van der Waals surface area contributed by atoms with Crippen molar-refractivity contribution in [2.45, 2.75) is 51.4 Å². The second-order valence-corrected chi connectivity index (χ2v) is 5.26. The molecule has 17 heavy (non-hydrogen) atoms. The van der Waals surface area contributed by atoms with Gasteiger partial charge in [0.1, 0.15) is 0 Å². The van der Waals surface area contributed by atoms with E-state index in [2.05, 4.69) is 29.5 Å². The van der Waals surface area contributed by atoms with E-state index in [0.29, 0.717) is 6.10 Å². The molecular weight excluding hydrogens is 216 g/mol. The second kappa shape index (κ2) is 5.60. The van der Waals surface area contributed by atoms with Crippen molar-refractivity contribution in [1.82, 2.24) is 20.3 Å². The van der Waals surface area contributed by atoms with Gasteiger partial charge in [-0.2, -0.15) is 0 Å². The number of aryl methyl sites for hydroxylation is 1. The lowest BCUT2D eigenvalue weighted by Gasteiger charge is -2.19. The summed E-state index contributed by atoms with van der Waals surface area (Å²) in [6, 6.07) is 0. The van der Waals surface area contributed by atoms with Crippen LogP contribution in [0.4, 0.5) is 0 Å². The third kappa shape index (κ3) is 4.09. The Hall–Kier alpha value is -0.940. The van der Waals surface area contributed by atoms with Gasteiger partial charge in [0.15, 0.2) is 0 Å². The van der Waals surface area contributed by atoms with Crippen LogP contribution in [0.2, 0.25) is 0 Å². The molecule has 1 N–H and O–H groups in total. The van der Waals surface area contributed by atoms with Crippen molar-refractivity contribution in [2.75, 3.05) is 13.1 Å². The molecule has 2 heterocycles. The van der Waals surface area contributed by atoms with Crippen LogP contribution in [-0.2, 0) is 11.3 Å². The Morgan fingerprint density at radius 2 is 2.41 bits per heavy atom. The summed E-state index contributed by atoms with van der Waals surface area (Å²) in [5.41, 5.74) is 0.0765. The Bertz CT molecular complexity index is 323. The minimum absolute atomic E-state index is 0.0765. The van der Waals surface area contributed by atoms with Crippen LogP contribution < -0.4 is 5.32 Å². The summed E-state index contributed by atoms with van der Waals surface area (Å²) < 4.78 is 7.77. The van der Waals surface area contributed by atoms with Crippen LogP contribution in [0.3, 0.4) is 0 Å². The summed E-state index contributed by atoms with van der Waals surface area (Å²) in [5.74, 6) is 0. The van der Waals surface area contributed by atoms with Gasteiger partial charge in [0.05, 0.1) is 17.9 Å². The highest BCUT2D eigenvalue weighted by atomic mass is 16.5. The van der Waals surface area contributed by atoms with Crippen LogP contribution in [0.15, 0.2) is 12.4 Å². The molecule has 1 aromatic rings. The first kappa shape index (κ1) is 12.5. The molecule has 1 aliphatic heterocycles. The van der Waals surface area contributed by atoms with Crippen molar-refractivity contribution in [3.05, 3.63) is 12.4 Å². The van der Waals surface area contributed by atoms with Gasteiger partial charge in [-0.05, 0) is 39.7 Å². The molecule has 0 radical (unpaired) electrons.